The summed E-state index contributed by atoms with van der Waals surface area (Å²) < 4.78 is 0. The first-order valence-electron chi connectivity index (χ1n) is 5.14. The molecular formula is C11H11N3O2. The van der Waals surface area contributed by atoms with E-state index in [1.807, 2.05) is 0 Å². The van der Waals surface area contributed by atoms with Crippen LogP contribution in [-0.4, -0.2) is 21.3 Å². The van der Waals surface area contributed by atoms with Gasteiger partial charge < -0.3 is 15.7 Å². The normalized spacial score (nSPS) is 17.6. The lowest BCUT2D eigenvalue weighted by atomic mass is 10.0. The van der Waals surface area contributed by atoms with E-state index >= 15 is 0 Å². The zero-order chi connectivity index (χ0) is 11.3. The van der Waals surface area contributed by atoms with E-state index in [2.05, 4.69) is 9.97 Å². The molecule has 0 atom stereocenters. The van der Waals surface area contributed by atoms with Crippen LogP contribution in [0.1, 0.15) is 23.2 Å². The largest absolute Gasteiger partial charge is 0.323 e. The molecule has 1 saturated carbocycles. The molecule has 5 heteroatoms. The summed E-state index contributed by atoms with van der Waals surface area (Å²) in [6, 6.07) is 5.08. The highest BCUT2D eigenvalue weighted by molar-refractivity contribution is 6.06. The van der Waals surface area contributed by atoms with Crippen LogP contribution < -0.4 is 11.4 Å². The molecule has 5 nitrogen and oxygen atoms in total. The standard InChI is InChI=1S/C11H11N3O2/c12-11(3-4-11)9(15)6-1-2-7-8(5-6)14-10(16)13-7/h1-2,5H,3-4,12H2,(H2,13,14,16). The molecule has 2 aromatic rings. The molecule has 16 heavy (non-hydrogen) atoms. The van der Waals surface area contributed by atoms with E-state index in [1.54, 1.807) is 18.2 Å². The molecule has 1 aromatic carbocycles. The summed E-state index contributed by atoms with van der Waals surface area (Å²) in [4.78, 5) is 28.3. The first-order chi connectivity index (χ1) is 7.58. The maximum atomic E-state index is 12.0. The molecule has 0 spiro atoms. The molecule has 0 saturated heterocycles. The first kappa shape index (κ1) is 9.35. The van der Waals surface area contributed by atoms with Gasteiger partial charge in [0, 0.05) is 5.56 Å². The average molecular weight is 217 g/mol. The number of ketones is 1. The molecule has 82 valence electrons. The molecule has 0 radical (unpaired) electrons. The highest BCUT2D eigenvalue weighted by Crippen LogP contribution is 2.35. The monoisotopic (exact) mass is 217 g/mol. The summed E-state index contributed by atoms with van der Waals surface area (Å²) in [6.07, 6.45) is 1.49. The molecule has 0 amide bonds. The van der Waals surface area contributed by atoms with Gasteiger partial charge in [-0.05, 0) is 31.0 Å². The van der Waals surface area contributed by atoms with Gasteiger partial charge in [0.2, 0.25) is 0 Å². The van der Waals surface area contributed by atoms with Gasteiger partial charge in [0.05, 0.1) is 16.6 Å². The second-order valence-electron chi connectivity index (χ2n) is 4.32. The Morgan fingerprint density at radius 2 is 1.94 bits per heavy atom. The van der Waals surface area contributed by atoms with E-state index in [4.69, 9.17) is 5.73 Å². The molecule has 1 aliphatic rings. The van der Waals surface area contributed by atoms with Crippen molar-refractivity contribution in [1.29, 1.82) is 0 Å². The number of benzene rings is 1. The fourth-order valence-corrected chi connectivity index (χ4v) is 1.82. The molecule has 1 aliphatic carbocycles. The number of Topliss-reactive ketones (excluding diaryl/α,β-unsaturated/α-hetero) is 1. The summed E-state index contributed by atoms with van der Waals surface area (Å²) in [7, 11) is 0. The van der Waals surface area contributed by atoms with Gasteiger partial charge in [-0.15, -0.1) is 0 Å². The Balaban J connectivity index is 2.11. The number of aromatic amines is 2. The predicted molar refractivity (Wildman–Crippen MR) is 59.4 cm³/mol. The topological polar surface area (TPSA) is 91.7 Å². The predicted octanol–water partition coefficient (Wildman–Crippen LogP) is 0.530. The number of hydrogen-bond acceptors (Lipinski definition) is 3. The molecule has 0 unspecified atom stereocenters. The molecule has 3 rings (SSSR count). The highest BCUT2D eigenvalue weighted by atomic mass is 16.1. The third-order valence-corrected chi connectivity index (χ3v) is 3.02. The van der Waals surface area contributed by atoms with Crippen LogP contribution in [0.4, 0.5) is 0 Å². The van der Waals surface area contributed by atoms with Gasteiger partial charge in [-0.3, -0.25) is 4.79 Å². The number of fused-ring (bicyclic) bond motifs is 1. The Kier molecular flexibility index (Phi) is 1.65. The first-order valence-corrected chi connectivity index (χ1v) is 5.14. The van der Waals surface area contributed by atoms with E-state index in [-0.39, 0.29) is 11.5 Å². The molecule has 1 aromatic heterocycles. The number of H-pyrrole nitrogens is 2. The van der Waals surface area contributed by atoms with Crippen LogP contribution >= 0.6 is 0 Å². The van der Waals surface area contributed by atoms with E-state index in [9.17, 15) is 9.59 Å². The van der Waals surface area contributed by atoms with Gasteiger partial charge in [-0.25, -0.2) is 4.79 Å². The summed E-state index contributed by atoms with van der Waals surface area (Å²) in [5.41, 5.74) is 6.80. The van der Waals surface area contributed by atoms with Gasteiger partial charge in [0.25, 0.3) is 0 Å². The Labute approximate surface area is 90.7 Å². The third kappa shape index (κ3) is 1.29. The van der Waals surface area contributed by atoms with Crippen molar-refractivity contribution < 1.29 is 4.79 Å². The highest BCUT2D eigenvalue weighted by Gasteiger charge is 2.45. The van der Waals surface area contributed by atoms with E-state index < -0.39 is 5.54 Å². The quantitative estimate of drug-likeness (QED) is 0.641. The van der Waals surface area contributed by atoms with E-state index in [0.29, 0.717) is 16.6 Å². The second-order valence-corrected chi connectivity index (χ2v) is 4.32. The van der Waals surface area contributed by atoms with Crippen LogP contribution in [0.15, 0.2) is 23.0 Å². The van der Waals surface area contributed by atoms with Gasteiger partial charge >= 0.3 is 5.69 Å². The van der Waals surface area contributed by atoms with Crippen molar-refractivity contribution in [3.63, 3.8) is 0 Å². The summed E-state index contributed by atoms with van der Waals surface area (Å²) in [5, 5.41) is 0. The van der Waals surface area contributed by atoms with E-state index in [1.165, 1.54) is 0 Å². The number of hydrogen-bond donors (Lipinski definition) is 3. The maximum Gasteiger partial charge on any atom is 0.323 e. The van der Waals surface area contributed by atoms with Crippen molar-refractivity contribution in [3.05, 3.63) is 34.2 Å². The summed E-state index contributed by atoms with van der Waals surface area (Å²) in [6.45, 7) is 0. The molecule has 0 aliphatic heterocycles. The fraction of sp³-hybridized carbons (Fsp3) is 0.273. The molecule has 4 N–H and O–H groups in total. The van der Waals surface area contributed by atoms with Crippen LogP contribution in [-0.2, 0) is 0 Å². The lowest BCUT2D eigenvalue weighted by Crippen LogP contribution is -2.32. The minimum absolute atomic E-state index is 0.0450. The number of rotatable bonds is 2. The lowest BCUT2D eigenvalue weighted by Gasteiger charge is -2.06. The number of carbonyl (C=O) groups excluding carboxylic acids is 1. The van der Waals surface area contributed by atoms with Crippen LogP contribution in [0, 0.1) is 0 Å². The smallest absolute Gasteiger partial charge is 0.319 e. The second kappa shape index (κ2) is 2.82. The van der Waals surface area contributed by atoms with Gasteiger partial charge in [0.15, 0.2) is 5.78 Å². The van der Waals surface area contributed by atoms with Gasteiger partial charge in [0.1, 0.15) is 0 Å². The Bertz CT molecular complexity index is 634. The average Bonchev–Trinajstić information content (AvgIpc) is 2.89. The minimum Gasteiger partial charge on any atom is -0.319 e. The summed E-state index contributed by atoms with van der Waals surface area (Å²) in [5.74, 6) is -0.0450. The maximum absolute atomic E-state index is 12.0. The van der Waals surface area contributed by atoms with Crippen molar-refractivity contribution >= 4 is 16.8 Å². The summed E-state index contributed by atoms with van der Waals surface area (Å²) >= 11 is 0. The lowest BCUT2D eigenvalue weighted by molar-refractivity contribution is 0.0949. The Morgan fingerprint density at radius 1 is 1.25 bits per heavy atom. The zero-order valence-electron chi connectivity index (χ0n) is 8.54. The number of carbonyl (C=O) groups is 1. The Hall–Kier alpha value is -1.88. The number of nitrogens with two attached hydrogens (primary N) is 1. The van der Waals surface area contributed by atoms with E-state index in [0.717, 1.165) is 12.8 Å². The van der Waals surface area contributed by atoms with Crippen molar-refractivity contribution in [2.75, 3.05) is 0 Å². The molecular weight excluding hydrogens is 206 g/mol. The van der Waals surface area contributed by atoms with Crippen LogP contribution in [0.3, 0.4) is 0 Å². The van der Waals surface area contributed by atoms with Crippen molar-refractivity contribution in [1.82, 2.24) is 9.97 Å². The Morgan fingerprint density at radius 3 is 2.62 bits per heavy atom. The van der Waals surface area contributed by atoms with Crippen LogP contribution in [0.5, 0.6) is 0 Å². The van der Waals surface area contributed by atoms with Crippen LogP contribution in [0.25, 0.3) is 11.0 Å². The van der Waals surface area contributed by atoms with Crippen molar-refractivity contribution in [2.45, 2.75) is 18.4 Å². The molecule has 0 bridgehead atoms. The number of nitrogens with one attached hydrogen (secondary N) is 2. The van der Waals surface area contributed by atoms with Crippen LogP contribution in [0.2, 0.25) is 0 Å². The van der Waals surface area contributed by atoms with Crippen molar-refractivity contribution in [3.8, 4) is 0 Å². The number of imidazole rings is 1. The minimum atomic E-state index is -0.662. The third-order valence-electron chi connectivity index (χ3n) is 3.02. The zero-order valence-corrected chi connectivity index (χ0v) is 8.54. The fourth-order valence-electron chi connectivity index (χ4n) is 1.82. The SMILES string of the molecule is NC1(C(=O)c2ccc3[nH]c(=O)[nH]c3c2)CC1. The van der Waals surface area contributed by atoms with Gasteiger partial charge in [-0.2, -0.15) is 0 Å². The number of aromatic nitrogens is 2. The van der Waals surface area contributed by atoms with Gasteiger partial charge in [-0.1, -0.05) is 0 Å². The molecule has 1 fully saturated rings. The van der Waals surface area contributed by atoms with Crippen molar-refractivity contribution in [2.24, 2.45) is 5.73 Å². The molecule has 1 heterocycles.